The van der Waals surface area contributed by atoms with Gasteiger partial charge in [0.05, 0.1) is 0 Å². The lowest BCUT2D eigenvalue weighted by atomic mass is 9.84. The molecule has 0 saturated heterocycles. The lowest BCUT2D eigenvalue weighted by Crippen LogP contribution is -2.45. The summed E-state index contributed by atoms with van der Waals surface area (Å²) in [5.74, 6) is -1.09. The Morgan fingerprint density at radius 3 is 2.60 bits per heavy atom. The summed E-state index contributed by atoms with van der Waals surface area (Å²) in [6.07, 6.45) is 5.15. The molecule has 20 heavy (non-hydrogen) atoms. The number of hydrogen-bond acceptors (Lipinski definition) is 5. The average Bonchev–Trinajstić information content (AvgIpc) is 2.71. The number of hydrogen-bond donors (Lipinski definition) is 2. The Bertz CT molecular complexity index is 611. The van der Waals surface area contributed by atoms with Crippen molar-refractivity contribution in [2.75, 3.05) is 12.8 Å². The molecule has 1 saturated carbocycles. The van der Waals surface area contributed by atoms with Crippen LogP contribution < -0.4 is 4.72 Å². The first-order valence-electron chi connectivity index (χ1n) is 6.18. The molecular weight excluding hydrogens is 318 g/mol. The summed E-state index contributed by atoms with van der Waals surface area (Å²) in [6, 6.07) is 1.42. The quantitative estimate of drug-likeness (QED) is 0.833. The van der Waals surface area contributed by atoms with Gasteiger partial charge in [0, 0.05) is 11.3 Å². The number of sulfonamides is 1. The van der Waals surface area contributed by atoms with Crippen molar-refractivity contribution in [1.29, 1.82) is 0 Å². The predicted molar refractivity (Wildman–Crippen MR) is 81.3 cm³/mol. The van der Waals surface area contributed by atoms with E-state index in [0.717, 1.165) is 30.6 Å². The van der Waals surface area contributed by atoms with E-state index in [1.807, 2.05) is 6.26 Å². The van der Waals surface area contributed by atoms with Gasteiger partial charge in [-0.05, 0) is 37.7 Å². The van der Waals surface area contributed by atoms with Crippen LogP contribution in [-0.2, 0) is 10.0 Å². The Kier molecular flexibility index (Phi) is 4.48. The van der Waals surface area contributed by atoms with Gasteiger partial charge < -0.3 is 5.11 Å². The van der Waals surface area contributed by atoms with Gasteiger partial charge in [-0.15, -0.1) is 11.3 Å². The van der Waals surface area contributed by atoms with Gasteiger partial charge in [0.1, 0.15) is 9.09 Å². The third-order valence-corrected chi connectivity index (χ3v) is 8.15. The van der Waals surface area contributed by atoms with Crippen molar-refractivity contribution in [2.45, 2.75) is 35.1 Å². The van der Waals surface area contributed by atoms with E-state index in [1.54, 1.807) is 18.7 Å². The molecule has 1 aliphatic carbocycles. The van der Waals surface area contributed by atoms with E-state index in [-0.39, 0.29) is 13.8 Å². The minimum atomic E-state index is -3.62. The molecule has 0 unspecified atom stereocenters. The van der Waals surface area contributed by atoms with Gasteiger partial charge in [-0.3, -0.25) is 0 Å². The van der Waals surface area contributed by atoms with E-state index >= 15 is 0 Å². The van der Waals surface area contributed by atoms with Crippen LogP contribution in [0.15, 0.2) is 10.3 Å². The molecule has 2 rings (SSSR count). The first-order chi connectivity index (χ1) is 9.30. The second-order valence-electron chi connectivity index (χ2n) is 4.95. The summed E-state index contributed by atoms with van der Waals surface area (Å²) >= 11 is 2.49. The summed E-state index contributed by atoms with van der Waals surface area (Å²) in [5.41, 5.74) is 0.478. The molecule has 1 heterocycles. The van der Waals surface area contributed by atoms with E-state index in [0.29, 0.717) is 12.1 Å². The number of carboxylic acid groups (broad SMARTS) is 1. The van der Waals surface area contributed by atoms with Gasteiger partial charge in [0.25, 0.3) is 0 Å². The van der Waals surface area contributed by atoms with Crippen LogP contribution in [0.25, 0.3) is 0 Å². The van der Waals surface area contributed by atoms with Crippen molar-refractivity contribution in [3.63, 3.8) is 0 Å². The Hall–Kier alpha value is -0.570. The minimum Gasteiger partial charge on any atom is -0.477 e. The zero-order valence-electron chi connectivity index (χ0n) is 11.3. The predicted octanol–water partition coefficient (Wildman–Crippen LogP) is 2.32. The number of carbonyl (C=O) groups is 1. The average molecular weight is 335 g/mol. The van der Waals surface area contributed by atoms with Gasteiger partial charge in [0.15, 0.2) is 0 Å². The first kappa shape index (κ1) is 15.8. The number of carboxylic acids is 1. The lowest BCUT2D eigenvalue weighted by Gasteiger charge is -2.40. The number of aromatic carboxylic acids is 1. The molecule has 5 nitrogen and oxygen atoms in total. The zero-order valence-corrected chi connectivity index (χ0v) is 13.8. The third kappa shape index (κ3) is 3.03. The maximum absolute atomic E-state index is 12.2. The molecule has 1 aromatic rings. The molecule has 0 amide bonds. The summed E-state index contributed by atoms with van der Waals surface area (Å²) in [5, 5.41) is 8.98. The summed E-state index contributed by atoms with van der Waals surface area (Å²) in [4.78, 5) is 11.1. The van der Waals surface area contributed by atoms with Crippen LogP contribution in [0.1, 0.15) is 34.5 Å². The fourth-order valence-electron chi connectivity index (χ4n) is 2.12. The second kappa shape index (κ2) is 5.67. The minimum absolute atomic E-state index is 0.00893. The van der Waals surface area contributed by atoms with Crippen molar-refractivity contribution < 1.29 is 18.3 Å². The highest BCUT2D eigenvalue weighted by atomic mass is 32.2. The van der Waals surface area contributed by atoms with Crippen LogP contribution in [-0.4, -0.2) is 37.0 Å². The summed E-state index contributed by atoms with van der Waals surface area (Å²) in [7, 11) is -3.62. The van der Waals surface area contributed by atoms with Gasteiger partial charge >= 0.3 is 5.97 Å². The molecule has 0 aliphatic heterocycles. The van der Waals surface area contributed by atoms with Crippen molar-refractivity contribution in [3.8, 4) is 0 Å². The van der Waals surface area contributed by atoms with Crippen LogP contribution in [0, 0.1) is 6.92 Å². The van der Waals surface area contributed by atoms with E-state index in [2.05, 4.69) is 4.72 Å². The monoisotopic (exact) mass is 335 g/mol. The molecule has 2 N–H and O–H groups in total. The van der Waals surface area contributed by atoms with Gasteiger partial charge in [-0.2, -0.15) is 11.8 Å². The summed E-state index contributed by atoms with van der Waals surface area (Å²) < 4.78 is 27.1. The number of thiophene rings is 1. The van der Waals surface area contributed by atoms with Crippen LogP contribution in [0.2, 0.25) is 0 Å². The van der Waals surface area contributed by atoms with Gasteiger partial charge in [-0.1, -0.05) is 6.42 Å². The van der Waals surface area contributed by atoms with Crippen LogP contribution >= 0.6 is 23.1 Å². The molecule has 0 bridgehead atoms. The van der Waals surface area contributed by atoms with E-state index in [9.17, 15) is 13.2 Å². The topological polar surface area (TPSA) is 83.5 Å². The maximum Gasteiger partial charge on any atom is 0.346 e. The molecule has 0 spiro atoms. The Labute approximate surface area is 126 Å². The van der Waals surface area contributed by atoms with Gasteiger partial charge in [0.2, 0.25) is 10.0 Å². The van der Waals surface area contributed by atoms with Crippen LogP contribution in [0.4, 0.5) is 0 Å². The highest BCUT2D eigenvalue weighted by molar-refractivity contribution is 8.00. The van der Waals surface area contributed by atoms with E-state index in [4.69, 9.17) is 5.11 Å². The zero-order chi connectivity index (χ0) is 15.0. The molecule has 8 heteroatoms. The largest absolute Gasteiger partial charge is 0.477 e. The second-order valence-corrected chi connectivity index (χ2v) is 9.27. The van der Waals surface area contributed by atoms with Crippen molar-refractivity contribution in [1.82, 2.24) is 4.72 Å². The Morgan fingerprint density at radius 1 is 1.55 bits per heavy atom. The Morgan fingerprint density at radius 2 is 2.20 bits per heavy atom. The molecule has 0 atom stereocenters. The van der Waals surface area contributed by atoms with E-state index in [1.165, 1.54) is 6.07 Å². The molecule has 0 aromatic carbocycles. The summed E-state index contributed by atoms with van der Waals surface area (Å²) in [6.45, 7) is 2.00. The lowest BCUT2D eigenvalue weighted by molar-refractivity contribution is 0.0701. The third-order valence-electron chi connectivity index (χ3n) is 3.64. The number of aryl methyl sites for hydroxylation is 1. The first-order valence-corrected chi connectivity index (χ1v) is 9.71. The molecule has 1 aliphatic rings. The number of nitrogens with one attached hydrogen (secondary N) is 1. The molecule has 1 fully saturated rings. The molecular formula is C12H17NO4S3. The fraction of sp³-hybridized carbons (Fsp3) is 0.583. The number of rotatable bonds is 6. The highest BCUT2D eigenvalue weighted by Crippen LogP contribution is 2.42. The number of thioether (sulfide) groups is 1. The van der Waals surface area contributed by atoms with E-state index < -0.39 is 16.0 Å². The molecule has 0 radical (unpaired) electrons. The Balaban J connectivity index is 2.14. The maximum atomic E-state index is 12.2. The molecule has 112 valence electrons. The van der Waals surface area contributed by atoms with Crippen molar-refractivity contribution in [2.24, 2.45) is 0 Å². The van der Waals surface area contributed by atoms with Crippen LogP contribution in [0.3, 0.4) is 0 Å². The normalized spacial score (nSPS) is 17.7. The van der Waals surface area contributed by atoms with Crippen molar-refractivity contribution >= 4 is 39.1 Å². The van der Waals surface area contributed by atoms with Crippen molar-refractivity contribution in [3.05, 3.63) is 16.5 Å². The molecule has 1 aromatic heterocycles. The fourth-order valence-corrected chi connectivity index (χ4v) is 5.67. The van der Waals surface area contributed by atoms with Gasteiger partial charge in [-0.25, -0.2) is 17.9 Å². The standard InChI is InChI=1S/C12H17NO4S3/c1-8-6-9(19-10(8)11(14)15)20(16,17)13-7-12(18-2)4-3-5-12/h6,13H,3-5,7H2,1-2H3,(H,14,15). The smallest absolute Gasteiger partial charge is 0.346 e. The SMILES string of the molecule is CSC1(CNS(=O)(=O)c2cc(C)c(C(=O)O)s2)CCC1. The highest BCUT2D eigenvalue weighted by Gasteiger charge is 2.37. The van der Waals surface area contributed by atoms with Crippen LogP contribution in [0.5, 0.6) is 0 Å².